The van der Waals surface area contributed by atoms with E-state index in [-0.39, 0.29) is 24.1 Å². The molecule has 0 unspecified atom stereocenters. The highest BCUT2D eigenvalue weighted by Crippen LogP contribution is 2.40. The molecule has 0 aliphatic carbocycles. The Morgan fingerprint density at radius 1 is 1.23 bits per heavy atom. The van der Waals surface area contributed by atoms with Gasteiger partial charge >= 0.3 is 6.03 Å². The van der Waals surface area contributed by atoms with E-state index in [1.54, 1.807) is 17.0 Å². The zero-order valence-electron chi connectivity index (χ0n) is 17.1. The van der Waals surface area contributed by atoms with Gasteiger partial charge in [0.25, 0.3) is 0 Å². The summed E-state index contributed by atoms with van der Waals surface area (Å²) < 4.78 is 19.3. The van der Waals surface area contributed by atoms with Gasteiger partial charge in [0.1, 0.15) is 11.6 Å². The van der Waals surface area contributed by atoms with Gasteiger partial charge in [-0.05, 0) is 61.1 Å². The molecule has 2 aromatic carbocycles. The van der Waals surface area contributed by atoms with Crippen LogP contribution < -0.4 is 11.1 Å². The van der Waals surface area contributed by atoms with E-state index in [9.17, 15) is 14.3 Å². The lowest BCUT2D eigenvalue weighted by atomic mass is 9.83. The zero-order valence-corrected chi connectivity index (χ0v) is 17.1. The summed E-state index contributed by atoms with van der Waals surface area (Å²) in [5, 5.41) is 13.4. The summed E-state index contributed by atoms with van der Waals surface area (Å²) in [5.41, 5.74) is 9.31. The number of anilines is 1. The Hall–Kier alpha value is -2.64. The minimum Gasteiger partial charge on any atom is -0.507 e. The number of aryl methyl sites for hydroxylation is 1. The Morgan fingerprint density at radius 3 is 2.60 bits per heavy atom. The number of fused-ring (bicyclic) bond motifs is 1. The van der Waals surface area contributed by atoms with Crippen molar-refractivity contribution in [2.45, 2.75) is 38.4 Å². The summed E-state index contributed by atoms with van der Waals surface area (Å²) in [5.74, 6) is 0.303. The highest BCUT2D eigenvalue weighted by Gasteiger charge is 2.36. The van der Waals surface area contributed by atoms with Crippen LogP contribution in [0.4, 0.5) is 14.9 Å². The third-order valence-corrected chi connectivity index (χ3v) is 6.27. The fourth-order valence-electron chi connectivity index (χ4n) is 4.49. The van der Waals surface area contributed by atoms with Gasteiger partial charge in [-0.15, -0.1) is 0 Å². The fraction of sp³-hybridized carbons (Fsp3) is 0.435. The van der Waals surface area contributed by atoms with Crippen molar-refractivity contribution in [3.8, 4) is 5.75 Å². The monoisotopic (exact) mass is 413 g/mol. The molecule has 2 aliphatic heterocycles. The SMILES string of the molecule is Cc1ccc2c(c1O)C[C@@H](C1CCN(C(=O)Nc3ccc(F)cc3)CC1)O[C@H]2CN. The quantitative estimate of drug-likeness (QED) is 0.716. The molecule has 0 radical (unpaired) electrons. The van der Waals surface area contributed by atoms with Crippen LogP contribution in [0.3, 0.4) is 0 Å². The number of nitrogens with zero attached hydrogens (tertiary/aromatic N) is 1. The van der Waals surface area contributed by atoms with Crippen molar-refractivity contribution in [2.75, 3.05) is 25.0 Å². The number of phenols is 1. The molecule has 4 rings (SSSR count). The van der Waals surface area contributed by atoms with E-state index in [1.807, 2.05) is 19.1 Å². The van der Waals surface area contributed by atoms with Gasteiger partial charge in [-0.2, -0.15) is 0 Å². The summed E-state index contributed by atoms with van der Waals surface area (Å²) in [6.45, 7) is 3.51. The second-order valence-electron chi connectivity index (χ2n) is 8.16. The van der Waals surface area contributed by atoms with Crippen LogP contribution in [0.5, 0.6) is 5.75 Å². The minimum absolute atomic E-state index is 0.0268. The van der Waals surface area contributed by atoms with E-state index in [4.69, 9.17) is 10.5 Å². The Kier molecular flexibility index (Phi) is 5.92. The zero-order chi connectivity index (χ0) is 21.3. The number of carbonyl (C=O) groups excluding carboxylic acids is 1. The smallest absolute Gasteiger partial charge is 0.321 e. The van der Waals surface area contributed by atoms with Crippen LogP contribution in [0.2, 0.25) is 0 Å². The molecule has 0 aromatic heterocycles. The van der Waals surface area contributed by atoms with E-state index >= 15 is 0 Å². The van der Waals surface area contributed by atoms with E-state index in [1.165, 1.54) is 12.1 Å². The summed E-state index contributed by atoms with van der Waals surface area (Å²) >= 11 is 0. The molecule has 2 aliphatic rings. The van der Waals surface area contributed by atoms with Crippen LogP contribution in [0.1, 0.15) is 35.6 Å². The van der Waals surface area contributed by atoms with Crippen LogP contribution in [-0.4, -0.2) is 41.8 Å². The predicted octanol–water partition coefficient (Wildman–Crippen LogP) is 3.72. The predicted molar refractivity (Wildman–Crippen MR) is 113 cm³/mol. The normalized spacial score (nSPS) is 21.9. The third kappa shape index (κ3) is 4.13. The fourth-order valence-corrected chi connectivity index (χ4v) is 4.49. The molecule has 160 valence electrons. The average molecular weight is 413 g/mol. The molecule has 1 fully saturated rings. The number of benzene rings is 2. The van der Waals surface area contributed by atoms with Gasteiger partial charge in [0.15, 0.2) is 0 Å². The molecular formula is C23H28FN3O3. The van der Waals surface area contributed by atoms with Crippen LogP contribution in [0.25, 0.3) is 0 Å². The van der Waals surface area contributed by atoms with Crippen LogP contribution in [0.15, 0.2) is 36.4 Å². The summed E-state index contributed by atoms with van der Waals surface area (Å²) in [6, 6.07) is 9.47. The van der Waals surface area contributed by atoms with Crippen molar-refractivity contribution in [3.63, 3.8) is 0 Å². The molecule has 7 heteroatoms. The van der Waals surface area contributed by atoms with Crippen molar-refractivity contribution in [3.05, 3.63) is 58.9 Å². The molecule has 0 spiro atoms. The number of halogens is 1. The second kappa shape index (κ2) is 8.62. The van der Waals surface area contributed by atoms with E-state index in [0.29, 0.717) is 43.4 Å². The lowest BCUT2D eigenvalue weighted by Gasteiger charge is -2.40. The molecule has 2 heterocycles. The third-order valence-electron chi connectivity index (χ3n) is 6.27. The molecule has 30 heavy (non-hydrogen) atoms. The number of nitrogens with two attached hydrogens (primary N) is 1. The standard InChI is InChI=1S/C23H28FN3O3/c1-14-2-7-18-19(22(14)28)12-20(30-21(18)13-25)15-8-10-27(11-9-15)23(29)26-17-5-3-16(24)4-6-17/h2-7,15,20-21,28H,8-13,25H2,1H3,(H,26,29)/t20-,21-/m0/s1. The van der Waals surface area contributed by atoms with Crippen molar-refractivity contribution in [1.82, 2.24) is 4.90 Å². The number of rotatable bonds is 3. The molecule has 4 N–H and O–H groups in total. The first kappa shape index (κ1) is 20.6. The summed E-state index contributed by atoms with van der Waals surface area (Å²) in [6.07, 6.45) is 2.05. The molecule has 2 amide bonds. The number of ether oxygens (including phenoxy) is 1. The van der Waals surface area contributed by atoms with Gasteiger partial charge in [0, 0.05) is 37.3 Å². The first-order chi connectivity index (χ1) is 14.5. The van der Waals surface area contributed by atoms with Crippen molar-refractivity contribution in [1.29, 1.82) is 0 Å². The van der Waals surface area contributed by atoms with Gasteiger partial charge in [-0.1, -0.05) is 12.1 Å². The molecule has 0 saturated carbocycles. The van der Waals surface area contributed by atoms with Gasteiger partial charge in [0.05, 0.1) is 12.2 Å². The Bertz CT molecular complexity index is 911. The number of urea groups is 1. The van der Waals surface area contributed by atoms with E-state index in [2.05, 4.69) is 5.32 Å². The topological polar surface area (TPSA) is 87.8 Å². The Morgan fingerprint density at radius 2 is 1.93 bits per heavy atom. The maximum absolute atomic E-state index is 13.0. The van der Waals surface area contributed by atoms with Crippen molar-refractivity contribution >= 4 is 11.7 Å². The second-order valence-corrected chi connectivity index (χ2v) is 8.16. The number of aromatic hydroxyl groups is 1. The number of amides is 2. The number of nitrogens with one attached hydrogen (secondary N) is 1. The number of likely N-dealkylation sites (tertiary alicyclic amines) is 1. The largest absolute Gasteiger partial charge is 0.507 e. The number of carbonyl (C=O) groups is 1. The molecule has 6 nitrogen and oxygen atoms in total. The van der Waals surface area contributed by atoms with Gasteiger partial charge < -0.3 is 25.8 Å². The molecule has 2 aromatic rings. The highest BCUT2D eigenvalue weighted by molar-refractivity contribution is 5.89. The van der Waals surface area contributed by atoms with Crippen LogP contribution >= 0.6 is 0 Å². The number of piperidine rings is 1. The van der Waals surface area contributed by atoms with Crippen molar-refractivity contribution in [2.24, 2.45) is 11.7 Å². The van der Waals surface area contributed by atoms with Crippen LogP contribution in [0, 0.1) is 18.7 Å². The molecule has 1 saturated heterocycles. The summed E-state index contributed by atoms with van der Waals surface area (Å²) in [4.78, 5) is 14.3. The lowest BCUT2D eigenvalue weighted by molar-refractivity contribution is -0.0624. The first-order valence-electron chi connectivity index (χ1n) is 10.4. The Labute approximate surface area is 175 Å². The molecular weight excluding hydrogens is 385 g/mol. The minimum atomic E-state index is -0.333. The van der Waals surface area contributed by atoms with Gasteiger partial charge in [-0.25, -0.2) is 9.18 Å². The number of phenolic OH excluding ortho intramolecular Hbond substituents is 1. The number of hydrogen-bond donors (Lipinski definition) is 3. The lowest BCUT2D eigenvalue weighted by Crippen LogP contribution is -2.45. The first-order valence-corrected chi connectivity index (χ1v) is 10.4. The van der Waals surface area contributed by atoms with Gasteiger partial charge in [0.2, 0.25) is 0 Å². The van der Waals surface area contributed by atoms with E-state index < -0.39 is 0 Å². The average Bonchev–Trinajstić information content (AvgIpc) is 2.77. The van der Waals surface area contributed by atoms with E-state index in [0.717, 1.165) is 29.5 Å². The molecule has 0 bridgehead atoms. The van der Waals surface area contributed by atoms with Crippen LogP contribution in [-0.2, 0) is 11.2 Å². The number of hydrogen-bond acceptors (Lipinski definition) is 4. The molecule has 2 atom stereocenters. The van der Waals surface area contributed by atoms with Crippen molar-refractivity contribution < 1.29 is 19.0 Å². The summed E-state index contributed by atoms with van der Waals surface area (Å²) in [7, 11) is 0. The Balaban J connectivity index is 1.38. The van der Waals surface area contributed by atoms with Gasteiger partial charge in [-0.3, -0.25) is 0 Å². The maximum Gasteiger partial charge on any atom is 0.321 e. The highest BCUT2D eigenvalue weighted by atomic mass is 19.1. The maximum atomic E-state index is 13.0.